The van der Waals surface area contributed by atoms with Gasteiger partial charge in [-0.3, -0.25) is 9.59 Å². The van der Waals surface area contributed by atoms with Gasteiger partial charge in [0.1, 0.15) is 0 Å². The molecule has 0 unspecified atom stereocenters. The van der Waals surface area contributed by atoms with Crippen molar-refractivity contribution in [2.45, 2.75) is 39.7 Å². The van der Waals surface area contributed by atoms with Gasteiger partial charge in [0, 0.05) is 18.9 Å². The minimum Gasteiger partial charge on any atom is -0.487 e. The van der Waals surface area contributed by atoms with Crippen molar-refractivity contribution in [2.75, 3.05) is 0 Å². The monoisotopic (exact) mass is 204 g/mol. The van der Waals surface area contributed by atoms with Crippen LogP contribution in [-0.2, 0) is 18.4 Å². The van der Waals surface area contributed by atoms with Crippen molar-refractivity contribution in [3.05, 3.63) is 0 Å². The van der Waals surface area contributed by atoms with Crippen molar-refractivity contribution in [3.8, 4) is 0 Å². The van der Waals surface area contributed by atoms with Gasteiger partial charge in [0.05, 0.1) is 0 Å². The van der Waals surface area contributed by atoms with Gasteiger partial charge >= 0.3 is 9.28 Å². The van der Waals surface area contributed by atoms with Gasteiger partial charge in [-0.2, -0.15) is 0 Å². The van der Waals surface area contributed by atoms with E-state index in [4.69, 9.17) is 8.85 Å². The van der Waals surface area contributed by atoms with E-state index in [-0.39, 0.29) is 5.04 Å². The van der Waals surface area contributed by atoms with Crippen molar-refractivity contribution in [1.29, 1.82) is 0 Å². The first-order chi connectivity index (χ1) is 5.73. The standard InChI is InChI=1S/C8H16O4Si/c1-6(9)11-13(8(3,4)5)12-7(2)10/h13H,1-5H3. The van der Waals surface area contributed by atoms with Crippen LogP contribution in [0.1, 0.15) is 34.6 Å². The van der Waals surface area contributed by atoms with Crippen LogP contribution >= 0.6 is 0 Å². The minimum absolute atomic E-state index is 0.267. The molecule has 0 aliphatic carbocycles. The van der Waals surface area contributed by atoms with E-state index in [1.54, 1.807) is 0 Å². The SMILES string of the molecule is CC(=O)O[SiH](OC(C)=O)C(C)(C)C. The van der Waals surface area contributed by atoms with E-state index in [0.29, 0.717) is 0 Å². The molecule has 0 aromatic carbocycles. The second kappa shape index (κ2) is 4.41. The maximum Gasteiger partial charge on any atom is 0.453 e. The Kier molecular flexibility index (Phi) is 4.12. The normalized spacial score (nSPS) is 11.2. The molecule has 0 amide bonds. The van der Waals surface area contributed by atoms with Gasteiger partial charge in [0.25, 0.3) is 11.9 Å². The number of carbonyl (C=O) groups excluding carboxylic acids is 2. The number of hydrogen-bond acceptors (Lipinski definition) is 4. The first-order valence-corrected chi connectivity index (χ1v) is 5.60. The molecule has 0 aromatic rings. The van der Waals surface area contributed by atoms with Crippen molar-refractivity contribution in [1.82, 2.24) is 0 Å². The predicted octanol–water partition coefficient (Wildman–Crippen LogP) is 1.13. The largest absolute Gasteiger partial charge is 0.487 e. The topological polar surface area (TPSA) is 52.6 Å². The van der Waals surface area contributed by atoms with Crippen LogP contribution in [0.15, 0.2) is 0 Å². The summed E-state index contributed by atoms with van der Waals surface area (Å²) in [6.07, 6.45) is 0. The molecule has 0 N–H and O–H groups in total. The summed E-state index contributed by atoms with van der Waals surface area (Å²) in [4.78, 5) is 21.4. The Morgan fingerprint density at radius 1 is 1.00 bits per heavy atom. The maximum absolute atomic E-state index is 10.7. The van der Waals surface area contributed by atoms with Crippen LogP contribution in [0, 0.1) is 0 Å². The van der Waals surface area contributed by atoms with Crippen molar-refractivity contribution in [3.63, 3.8) is 0 Å². The van der Waals surface area contributed by atoms with E-state index in [2.05, 4.69) is 0 Å². The first-order valence-electron chi connectivity index (χ1n) is 4.08. The van der Waals surface area contributed by atoms with Crippen LogP contribution in [-0.4, -0.2) is 21.2 Å². The third-order valence-corrected chi connectivity index (χ3v) is 3.76. The lowest BCUT2D eigenvalue weighted by atomic mass is 10.3. The third-order valence-electron chi connectivity index (χ3n) is 1.25. The minimum atomic E-state index is -2.24. The summed E-state index contributed by atoms with van der Waals surface area (Å²) in [5.41, 5.74) is 0. The zero-order chi connectivity index (χ0) is 10.6. The molecular formula is C8H16O4Si. The van der Waals surface area contributed by atoms with Crippen molar-refractivity contribution >= 4 is 21.2 Å². The molecule has 0 heterocycles. The zero-order valence-corrected chi connectivity index (χ0v) is 9.87. The predicted molar refractivity (Wildman–Crippen MR) is 50.4 cm³/mol. The summed E-state index contributed by atoms with van der Waals surface area (Å²) in [6.45, 7) is 8.28. The Morgan fingerprint density at radius 3 is 1.46 bits per heavy atom. The smallest absolute Gasteiger partial charge is 0.453 e. The molecule has 0 saturated heterocycles. The highest BCUT2D eigenvalue weighted by atomic mass is 28.3. The van der Waals surface area contributed by atoms with E-state index in [1.165, 1.54) is 13.8 Å². The Labute approximate surface area is 80.1 Å². The molecule has 0 radical (unpaired) electrons. The fourth-order valence-corrected chi connectivity index (χ4v) is 2.04. The number of hydrogen-bond donors (Lipinski definition) is 0. The van der Waals surface area contributed by atoms with Gasteiger partial charge < -0.3 is 8.85 Å². The highest BCUT2D eigenvalue weighted by Gasteiger charge is 2.34. The molecule has 0 aliphatic heterocycles. The molecule has 13 heavy (non-hydrogen) atoms. The molecule has 4 nitrogen and oxygen atoms in total. The molecule has 0 rings (SSSR count). The van der Waals surface area contributed by atoms with Crippen LogP contribution in [0.2, 0.25) is 5.04 Å². The molecule has 0 atom stereocenters. The number of rotatable bonds is 2. The van der Waals surface area contributed by atoms with Crippen molar-refractivity contribution in [2.24, 2.45) is 0 Å². The summed E-state index contributed by atoms with van der Waals surface area (Å²) < 4.78 is 9.96. The lowest BCUT2D eigenvalue weighted by Crippen LogP contribution is -2.36. The quantitative estimate of drug-likeness (QED) is 0.633. The van der Waals surface area contributed by atoms with E-state index < -0.39 is 21.2 Å². The molecular weight excluding hydrogens is 188 g/mol. The van der Waals surface area contributed by atoms with Crippen LogP contribution in [0.25, 0.3) is 0 Å². The summed E-state index contributed by atoms with van der Waals surface area (Å²) in [5, 5.41) is -0.267. The average Bonchev–Trinajstić information content (AvgIpc) is 1.81. The van der Waals surface area contributed by atoms with E-state index in [9.17, 15) is 9.59 Å². The van der Waals surface area contributed by atoms with Crippen LogP contribution in [0.5, 0.6) is 0 Å². The molecule has 0 spiro atoms. The van der Waals surface area contributed by atoms with Crippen LogP contribution in [0.4, 0.5) is 0 Å². The molecule has 5 heteroatoms. The summed E-state index contributed by atoms with van der Waals surface area (Å²) in [7, 11) is -2.24. The second-order valence-electron chi connectivity index (χ2n) is 3.92. The Balaban J connectivity index is 4.37. The number of carbonyl (C=O) groups is 2. The maximum atomic E-state index is 10.7. The van der Waals surface area contributed by atoms with E-state index in [1.807, 2.05) is 20.8 Å². The van der Waals surface area contributed by atoms with E-state index in [0.717, 1.165) is 0 Å². The van der Waals surface area contributed by atoms with Crippen LogP contribution in [0.3, 0.4) is 0 Å². The fourth-order valence-electron chi connectivity index (χ4n) is 0.679. The van der Waals surface area contributed by atoms with Gasteiger partial charge in [-0.1, -0.05) is 20.8 Å². The Bertz CT molecular complexity index is 191. The van der Waals surface area contributed by atoms with Crippen LogP contribution < -0.4 is 0 Å². The average molecular weight is 204 g/mol. The molecule has 76 valence electrons. The molecule has 0 saturated carbocycles. The highest BCUT2D eigenvalue weighted by molar-refractivity contribution is 6.52. The molecule has 0 fully saturated rings. The molecule has 0 bridgehead atoms. The summed E-state index contributed by atoms with van der Waals surface area (Å²) in [5.74, 6) is -0.791. The van der Waals surface area contributed by atoms with Crippen molar-refractivity contribution < 1.29 is 18.4 Å². The zero-order valence-electron chi connectivity index (χ0n) is 8.71. The molecule has 0 aliphatic rings. The lowest BCUT2D eigenvalue weighted by molar-refractivity contribution is -0.138. The highest BCUT2D eigenvalue weighted by Crippen LogP contribution is 2.28. The Hall–Kier alpha value is -0.843. The second-order valence-corrected chi connectivity index (χ2v) is 6.78. The fraction of sp³-hybridized carbons (Fsp3) is 0.750. The third kappa shape index (κ3) is 5.40. The summed E-state index contributed by atoms with van der Waals surface area (Å²) >= 11 is 0. The van der Waals surface area contributed by atoms with Gasteiger partial charge in [-0.15, -0.1) is 0 Å². The van der Waals surface area contributed by atoms with Gasteiger partial charge in [0.15, 0.2) is 0 Å². The lowest BCUT2D eigenvalue weighted by Gasteiger charge is -2.26. The van der Waals surface area contributed by atoms with E-state index >= 15 is 0 Å². The summed E-state index contributed by atoms with van der Waals surface area (Å²) in [6, 6.07) is 0. The van der Waals surface area contributed by atoms with Gasteiger partial charge in [-0.25, -0.2) is 0 Å². The Morgan fingerprint density at radius 2 is 1.31 bits per heavy atom. The van der Waals surface area contributed by atoms with Gasteiger partial charge in [0.2, 0.25) is 0 Å². The van der Waals surface area contributed by atoms with Gasteiger partial charge in [-0.05, 0) is 0 Å². The molecule has 0 aromatic heterocycles. The first kappa shape index (κ1) is 12.2.